The van der Waals surface area contributed by atoms with Crippen molar-refractivity contribution in [1.29, 1.82) is 0 Å². The topological polar surface area (TPSA) is 99.5 Å². The summed E-state index contributed by atoms with van der Waals surface area (Å²) in [6.07, 6.45) is 1.08. The van der Waals surface area contributed by atoms with Crippen molar-refractivity contribution < 1.29 is 31.5 Å². The molecule has 1 N–H and O–H groups in total. The van der Waals surface area contributed by atoms with Crippen LogP contribution in [0.25, 0.3) is 0 Å². The lowest BCUT2D eigenvalue weighted by Gasteiger charge is -2.23. The van der Waals surface area contributed by atoms with Gasteiger partial charge in [-0.15, -0.1) is 0 Å². The SMILES string of the molecule is Cn1ccc(NC(=O)C(Oc2ccc(F)cc2F)c2ccc(S(=O)(=O)C3CCOCC3)cc2)n1. The molecule has 180 valence electrons. The van der Waals surface area contributed by atoms with Gasteiger partial charge in [-0.05, 0) is 37.1 Å². The number of halogens is 2. The molecule has 8 nitrogen and oxygen atoms in total. The van der Waals surface area contributed by atoms with Crippen LogP contribution in [-0.4, -0.2) is 42.6 Å². The third-order valence-corrected chi connectivity index (χ3v) is 7.74. The minimum Gasteiger partial charge on any atom is -0.473 e. The van der Waals surface area contributed by atoms with Crippen LogP contribution in [0.5, 0.6) is 5.75 Å². The second-order valence-electron chi connectivity index (χ2n) is 7.86. The molecular weight excluding hydrogens is 468 g/mol. The Labute approximate surface area is 195 Å². The fourth-order valence-electron chi connectivity index (χ4n) is 3.66. The van der Waals surface area contributed by atoms with Gasteiger partial charge in [0.25, 0.3) is 5.91 Å². The molecule has 1 aromatic heterocycles. The van der Waals surface area contributed by atoms with E-state index >= 15 is 0 Å². The Bertz CT molecular complexity index is 1270. The van der Waals surface area contributed by atoms with Gasteiger partial charge in [0.2, 0.25) is 6.10 Å². The highest BCUT2D eigenvalue weighted by molar-refractivity contribution is 7.92. The van der Waals surface area contributed by atoms with E-state index in [9.17, 15) is 22.0 Å². The molecule has 1 atom stereocenters. The van der Waals surface area contributed by atoms with Crippen molar-refractivity contribution in [2.75, 3.05) is 18.5 Å². The Morgan fingerprint density at radius 3 is 2.47 bits per heavy atom. The molecule has 4 rings (SSSR count). The van der Waals surface area contributed by atoms with Crippen LogP contribution in [0, 0.1) is 11.6 Å². The molecule has 2 heterocycles. The molecule has 0 saturated carbocycles. The van der Waals surface area contributed by atoms with E-state index in [1.165, 1.54) is 28.9 Å². The predicted molar refractivity (Wildman–Crippen MR) is 119 cm³/mol. The molecule has 34 heavy (non-hydrogen) atoms. The maximum Gasteiger partial charge on any atom is 0.271 e. The van der Waals surface area contributed by atoms with Crippen molar-refractivity contribution in [3.63, 3.8) is 0 Å². The molecule has 0 bridgehead atoms. The summed E-state index contributed by atoms with van der Waals surface area (Å²) in [6, 6.07) is 9.97. The van der Waals surface area contributed by atoms with Gasteiger partial charge in [-0.25, -0.2) is 17.2 Å². The fraction of sp³-hybridized carbons (Fsp3) is 0.304. The molecule has 2 aromatic carbocycles. The molecule has 0 radical (unpaired) electrons. The first kappa shape index (κ1) is 23.8. The summed E-state index contributed by atoms with van der Waals surface area (Å²) in [6.45, 7) is 0.768. The van der Waals surface area contributed by atoms with Crippen LogP contribution in [0.2, 0.25) is 0 Å². The number of carbonyl (C=O) groups is 1. The number of hydrogen-bond donors (Lipinski definition) is 1. The van der Waals surface area contributed by atoms with E-state index in [1.807, 2.05) is 0 Å². The number of nitrogens with one attached hydrogen (secondary N) is 1. The summed E-state index contributed by atoms with van der Waals surface area (Å²) in [5.41, 5.74) is 0.281. The smallest absolute Gasteiger partial charge is 0.271 e. The third kappa shape index (κ3) is 5.26. The molecular formula is C23H23F2N3O5S. The number of aryl methyl sites for hydroxylation is 1. The van der Waals surface area contributed by atoms with Gasteiger partial charge < -0.3 is 14.8 Å². The van der Waals surface area contributed by atoms with Crippen molar-refractivity contribution in [2.45, 2.75) is 29.1 Å². The van der Waals surface area contributed by atoms with Crippen LogP contribution in [0.3, 0.4) is 0 Å². The average molecular weight is 492 g/mol. The summed E-state index contributed by atoms with van der Waals surface area (Å²) in [7, 11) is -1.90. The number of sulfone groups is 1. The molecule has 1 amide bonds. The predicted octanol–water partition coefficient (Wildman–Crippen LogP) is 3.41. The summed E-state index contributed by atoms with van der Waals surface area (Å²) >= 11 is 0. The lowest BCUT2D eigenvalue weighted by Crippen LogP contribution is -2.29. The van der Waals surface area contributed by atoms with Crippen molar-refractivity contribution in [3.05, 3.63) is 71.9 Å². The molecule has 0 spiro atoms. The number of benzene rings is 2. The average Bonchev–Trinajstić information content (AvgIpc) is 3.23. The summed E-state index contributed by atoms with van der Waals surface area (Å²) in [5.74, 6) is -2.51. The monoisotopic (exact) mass is 491 g/mol. The van der Waals surface area contributed by atoms with Crippen molar-refractivity contribution >= 4 is 21.6 Å². The molecule has 1 fully saturated rings. The van der Waals surface area contributed by atoms with Crippen LogP contribution >= 0.6 is 0 Å². The first-order valence-corrected chi connectivity index (χ1v) is 12.1. The van der Waals surface area contributed by atoms with E-state index in [1.54, 1.807) is 19.3 Å². The third-order valence-electron chi connectivity index (χ3n) is 5.46. The van der Waals surface area contributed by atoms with Crippen LogP contribution in [-0.2, 0) is 26.4 Å². The maximum atomic E-state index is 14.2. The number of amides is 1. The first-order valence-electron chi connectivity index (χ1n) is 10.6. The number of anilines is 1. The van der Waals surface area contributed by atoms with Crippen molar-refractivity contribution in [1.82, 2.24) is 9.78 Å². The first-order chi connectivity index (χ1) is 16.2. The second-order valence-corrected chi connectivity index (χ2v) is 10.1. The summed E-state index contributed by atoms with van der Waals surface area (Å²) in [4.78, 5) is 13.1. The Morgan fingerprint density at radius 2 is 1.85 bits per heavy atom. The highest BCUT2D eigenvalue weighted by atomic mass is 32.2. The van der Waals surface area contributed by atoms with E-state index in [-0.39, 0.29) is 22.0 Å². The van der Waals surface area contributed by atoms with Crippen LogP contribution < -0.4 is 10.1 Å². The van der Waals surface area contributed by atoms with E-state index in [0.29, 0.717) is 32.1 Å². The quantitative estimate of drug-likeness (QED) is 0.544. The highest BCUT2D eigenvalue weighted by Gasteiger charge is 2.30. The molecule has 1 aliphatic rings. The zero-order chi connectivity index (χ0) is 24.3. The van der Waals surface area contributed by atoms with Crippen LogP contribution in [0.15, 0.2) is 59.6 Å². The number of hydrogen-bond acceptors (Lipinski definition) is 6. The molecule has 1 unspecified atom stereocenters. The highest BCUT2D eigenvalue weighted by Crippen LogP contribution is 2.29. The molecule has 0 aliphatic carbocycles. The molecule has 11 heteroatoms. The number of rotatable bonds is 7. The maximum absolute atomic E-state index is 14.2. The summed E-state index contributed by atoms with van der Waals surface area (Å²) in [5, 5.41) is 6.12. The van der Waals surface area contributed by atoms with Gasteiger partial charge in [0.05, 0.1) is 10.1 Å². The lowest BCUT2D eigenvalue weighted by atomic mass is 10.1. The second kappa shape index (κ2) is 9.90. The molecule has 1 aliphatic heterocycles. The van der Waals surface area contributed by atoms with Crippen LogP contribution in [0.4, 0.5) is 14.6 Å². The van der Waals surface area contributed by atoms with Gasteiger partial charge >= 0.3 is 0 Å². The largest absolute Gasteiger partial charge is 0.473 e. The standard InChI is InChI=1S/C23H23F2N3O5S/c1-28-11-8-21(27-28)26-23(29)22(33-20-7-4-16(24)14-19(20)25)15-2-5-17(6-3-15)34(30,31)18-9-12-32-13-10-18/h2-8,11,14,18,22H,9-10,12-13H2,1H3,(H,26,27,29). The number of nitrogens with zero attached hydrogens (tertiary/aromatic N) is 2. The minimum absolute atomic E-state index is 0.111. The van der Waals surface area contributed by atoms with Gasteiger partial charge in [0.1, 0.15) is 5.82 Å². The van der Waals surface area contributed by atoms with Gasteiger partial charge in [-0.1, -0.05) is 12.1 Å². The van der Waals surface area contributed by atoms with E-state index < -0.39 is 38.7 Å². The Morgan fingerprint density at radius 1 is 1.15 bits per heavy atom. The lowest BCUT2D eigenvalue weighted by molar-refractivity contribution is -0.123. The van der Waals surface area contributed by atoms with Gasteiger partial charge in [-0.3, -0.25) is 9.48 Å². The Hall–Kier alpha value is -3.31. The van der Waals surface area contributed by atoms with Gasteiger partial charge in [0, 0.05) is 44.2 Å². The minimum atomic E-state index is -3.58. The Kier molecular flexibility index (Phi) is 6.94. The van der Waals surface area contributed by atoms with Crippen LogP contribution in [0.1, 0.15) is 24.5 Å². The molecule has 3 aromatic rings. The zero-order valence-corrected chi connectivity index (χ0v) is 19.1. The van der Waals surface area contributed by atoms with Crippen molar-refractivity contribution in [3.8, 4) is 5.75 Å². The van der Waals surface area contributed by atoms with Gasteiger partial charge in [0.15, 0.2) is 27.2 Å². The fourth-order valence-corrected chi connectivity index (χ4v) is 5.37. The zero-order valence-electron chi connectivity index (χ0n) is 18.3. The Balaban J connectivity index is 1.62. The van der Waals surface area contributed by atoms with E-state index in [0.717, 1.165) is 12.1 Å². The number of ether oxygens (including phenoxy) is 2. The van der Waals surface area contributed by atoms with E-state index in [4.69, 9.17) is 9.47 Å². The van der Waals surface area contributed by atoms with Crippen molar-refractivity contribution in [2.24, 2.45) is 7.05 Å². The molecule has 1 saturated heterocycles. The normalized spacial score (nSPS) is 15.6. The summed E-state index contributed by atoms with van der Waals surface area (Å²) < 4.78 is 65.8. The van der Waals surface area contributed by atoms with Gasteiger partial charge in [-0.2, -0.15) is 5.10 Å². The number of carbonyl (C=O) groups excluding carboxylic acids is 1. The van der Waals surface area contributed by atoms with E-state index in [2.05, 4.69) is 10.4 Å². The number of aromatic nitrogens is 2.